The molecule has 0 atom stereocenters. The van der Waals surface area contributed by atoms with Crippen molar-refractivity contribution < 1.29 is 14.7 Å². The third-order valence-corrected chi connectivity index (χ3v) is 1.46. The molecule has 0 aromatic rings. The number of aliphatic carboxylic acids is 1. The van der Waals surface area contributed by atoms with Gasteiger partial charge in [0.1, 0.15) is 6.07 Å². The Morgan fingerprint density at radius 2 is 2.20 bits per heavy atom. The van der Waals surface area contributed by atoms with Crippen LogP contribution in [0.2, 0.25) is 0 Å². The van der Waals surface area contributed by atoms with Gasteiger partial charge in [0.25, 0.3) is 0 Å². The number of carbonyl (C=O) groups is 2. The third kappa shape index (κ3) is 3.65. The van der Waals surface area contributed by atoms with Crippen LogP contribution in [0.4, 0.5) is 0 Å². The lowest BCUT2D eigenvalue weighted by Crippen LogP contribution is -2.26. The molecule has 0 aromatic carbocycles. The summed E-state index contributed by atoms with van der Waals surface area (Å²) >= 11 is 0. The minimum absolute atomic E-state index is 0.0475. The van der Waals surface area contributed by atoms with Gasteiger partial charge in [0, 0.05) is 6.42 Å². The number of allylic oxidation sites excluding steroid dienone is 1. The van der Waals surface area contributed by atoms with Crippen LogP contribution in [0.5, 0.6) is 0 Å². The zero-order valence-corrected chi connectivity index (χ0v) is 8.57. The Morgan fingerprint density at radius 1 is 1.60 bits per heavy atom. The Balaban J connectivity index is 0.000000921. The fourth-order valence-electron chi connectivity index (χ4n) is 0.896. The first kappa shape index (κ1) is 12.9. The lowest BCUT2D eigenvalue weighted by molar-refractivity contribution is -0.132. The van der Waals surface area contributed by atoms with E-state index >= 15 is 0 Å². The van der Waals surface area contributed by atoms with E-state index in [0.29, 0.717) is 0 Å². The van der Waals surface area contributed by atoms with Gasteiger partial charge in [-0.2, -0.15) is 5.26 Å². The summed E-state index contributed by atoms with van der Waals surface area (Å²) < 4.78 is 0. The summed E-state index contributed by atoms with van der Waals surface area (Å²) in [6, 6.07) is 1.51. The number of carboxylic acid groups (broad SMARTS) is 1. The topological polar surface area (TPSA) is 90.2 Å². The molecule has 0 fully saturated rings. The van der Waals surface area contributed by atoms with Gasteiger partial charge in [0.2, 0.25) is 5.91 Å². The number of nitrogens with one attached hydrogen (secondary N) is 1. The standard InChI is InChI=1S/C8H6N2O3.C2H6/c9-4-5(8(12)13)6-2-1-3-7(11)10-6;1-2/h1-2H,3H2,(H,10,11)(H,12,13);1-2H3/b6-5-;. The molecule has 5 nitrogen and oxygen atoms in total. The SMILES string of the molecule is CC.N#C/C(C(=O)O)=C1\C=CCC(=O)N1. The van der Waals surface area contributed by atoms with Gasteiger partial charge < -0.3 is 10.4 Å². The number of hydrogen-bond acceptors (Lipinski definition) is 3. The molecule has 0 radical (unpaired) electrons. The average Bonchev–Trinajstić information content (AvgIpc) is 2.21. The lowest BCUT2D eigenvalue weighted by Gasteiger charge is -2.09. The molecule has 1 heterocycles. The highest BCUT2D eigenvalue weighted by atomic mass is 16.4. The van der Waals surface area contributed by atoms with Gasteiger partial charge in [-0.1, -0.05) is 19.9 Å². The molecule has 0 unspecified atom stereocenters. The van der Waals surface area contributed by atoms with Gasteiger partial charge in [-0.25, -0.2) is 4.79 Å². The maximum Gasteiger partial charge on any atom is 0.348 e. The van der Waals surface area contributed by atoms with Crippen LogP contribution < -0.4 is 5.32 Å². The quantitative estimate of drug-likeness (QED) is 0.496. The van der Waals surface area contributed by atoms with E-state index in [4.69, 9.17) is 10.4 Å². The predicted octanol–water partition coefficient (Wildman–Crippen LogP) is 0.951. The first-order valence-electron chi connectivity index (χ1n) is 4.49. The Bertz CT molecular complexity index is 361. The van der Waals surface area contributed by atoms with E-state index in [0.717, 1.165) is 0 Å². The summed E-state index contributed by atoms with van der Waals surface area (Å²) in [6.45, 7) is 4.00. The van der Waals surface area contributed by atoms with Crippen molar-refractivity contribution in [1.29, 1.82) is 5.26 Å². The molecule has 5 heteroatoms. The van der Waals surface area contributed by atoms with Crippen LogP contribution in [-0.2, 0) is 9.59 Å². The second-order valence-corrected chi connectivity index (χ2v) is 2.36. The van der Waals surface area contributed by atoms with Crippen LogP contribution in [0.25, 0.3) is 0 Å². The van der Waals surface area contributed by atoms with Crippen LogP contribution in [0.3, 0.4) is 0 Å². The molecule has 0 spiro atoms. The van der Waals surface area contributed by atoms with Crippen molar-refractivity contribution in [3.05, 3.63) is 23.4 Å². The largest absolute Gasteiger partial charge is 0.477 e. The summed E-state index contributed by atoms with van der Waals surface area (Å²) in [6.07, 6.45) is 3.13. The van der Waals surface area contributed by atoms with Crippen molar-refractivity contribution in [2.75, 3.05) is 0 Å². The first-order valence-corrected chi connectivity index (χ1v) is 4.49. The molecule has 1 aliphatic rings. The monoisotopic (exact) mass is 208 g/mol. The highest BCUT2D eigenvalue weighted by Crippen LogP contribution is 2.07. The van der Waals surface area contributed by atoms with Crippen molar-refractivity contribution in [2.45, 2.75) is 20.3 Å². The van der Waals surface area contributed by atoms with Crippen molar-refractivity contribution >= 4 is 11.9 Å². The highest BCUT2D eigenvalue weighted by Gasteiger charge is 2.16. The van der Waals surface area contributed by atoms with Crippen LogP contribution in [0, 0.1) is 11.3 Å². The Kier molecular flexibility index (Phi) is 5.49. The third-order valence-electron chi connectivity index (χ3n) is 1.46. The maximum absolute atomic E-state index is 10.8. The minimum Gasteiger partial charge on any atom is -0.477 e. The second-order valence-electron chi connectivity index (χ2n) is 2.36. The molecule has 0 bridgehead atoms. The molecule has 1 aliphatic heterocycles. The normalized spacial score (nSPS) is 16.7. The Labute approximate surface area is 87.7 Å². The number of carbonyl (C=O) groups excluding carboxylic acids is 1. The molecule has 0 aliphatic carbocycles. The van der Waals surface area contributed by atoms with Crippen LogP contribution in [0.1, 0.15) is 20.3 Å². The number of nitriles is 1. The smallest absolute Gasteiger partial charge is 0.348 e. The molecule has 1 rings (SSSR count). The van der Waals surface area contributed by atoms with E-state index < -0.39 is 11.5 Å². The summed E-state index contributed by atoms with van der Waals surface area (Å²) in [5.41, 5.74) is -0.407. The molecule has 1 amide bonds. The van der Waals surface area contributed by atoms with Gasteiger partial charge in [0.15, 0.2) is 5.57 Å². The fourth-order valence-corrected chi connectivity index (χ4v) is 0.896. The molecule has 0 saturated carbocycles. The predicted molar refractivity (Wildman–Crippen MR) is 53.5 cm³/mol. The van der Waals surface area contributed by atoms with Crippen molar-refractivity contribution in [3.8, 4) is 6.07 Å². The minimum atomic E-state index is -1.34. The molecule has 80 valence electrons. The second kappa shape index (κ2) is 6.38. The van der Waals surface area contributed by atoms with Crippen LogP contribution >= 0.6 is 0 Å². The van der Waals surface area contributed by atoms with E-state index in [-0.39, 0.29) is 18.0 Å². The molecule has 0 saturated heterocycles. The van der Waals surface area contributed by atoms with E-state index in [1.807, 2.05) is 13.8 Å². The number of nitrogens with zero attached hydrogens (tertiary/aromatic N) is 1. The van der Waals surface area contributed by atoms with E-state index in [1.54, 1.807) is 0 Å². The van der Waals surface area contributed by atoms with Crippen molar-refractivity contribution in [3.63, 3.8) is 0 Å². The number of amides is 1. The molecule has 15 heavy (non-hydrogen) atoms. The average molecular weight is 208 g/mol. The van der Waals surface area contributed by atoms with Gasteiger partial charge in [-0.15, -0.1) is 0 Å². The van der Waals surface area contributed by atoms with Crippen molar-refractivity contribution in [2.24, 2.45) is 0 Å². The summed E-state index contributed by atoms with van der Waals surface area (Å²) in [5, 5.41) is 19.3. The first-order chi connectivity index (χ1) is 7.15. The van der Waals surface area contributed by atoms with Crippen LogP contribution in [-0.4, -0.2) is 17.0 Å². The van der Waals surface area contributed by atoms with E-state index in [9.17, 15) is 9.59 Å². The highest BCUT2D eigenvalue weighted by molar-refractivity contribution is 5.94. The fraction of sp³-hybridized carbons (Fsp3) is 0.300. The maximum atomic E-state index is 10.8. The Morgan fingerprint density at radius 3 is 2.60 bits per heavy atom. The van der Waals surface area contributed by atoms with Gasteiger partial charge in [0.05, 0.1) is 5.70 Å². The summed E-state index contributed by atoms with van der Waals surface area (Å²) in [5.74, 6) is -1.66. The summed E-state index contributed by atoms with van der Waals surface area (Å²) in [4.78, 5) is 21.3. The Hall–Kier alpha value is -2.09. The van der Waals surface area contributed by atoms with E-state index in [1.165, 1.54) is 18.2 Å². The zero-order chi connectivity index (χ0) is 11.8. The van der Waals surface area contributed by atoms with Gasteiger partial charge in [-0.3, -0.25) is 4.79 Å². The van der Waals surface area contributed by atoms with Gasteiger partial charge in [-0.05, 0) is 6.08 Å². The molecule has 2 N–H and O–H groups in total. The summed E-state index contributed by atoms with van der Waals surface area (Å²) in [7, 11) is 0. The van der Waals surface area contributed by atoms with Gasteiger partial charge >= 0.3 is 5.97 Å². The number of carboxylic acids is 1. The molecule has 0 aromatic heterocycles. The lowest BCUT2D eigenvalue weighted by atomic mass is 10.1. The number of hydrogen-bond donors (Lipinski definition) is 2. The van der Waals surface area contributed by atoms with E-state index in [2.05, 4.69) is 5.32 Å². The van der Waals surface area contributed by atoms with Crippen molar-refractivity contribution in [1.82, 2.24) is 5.32 Å². The zero-order valence-electron chi connectivity index (χ0n) is 8.57. The molecular formula is C10H12N2O3. The number of rotatable bonds is 1. The van der Waals surface area contributed by atoms with Crippen LogP contribution in [0.15, 0.2) is 23.4 Å². The molecular weight excluding hydrogens is 196 g/mol.